The Balaban J connectivity index is 2.45. The van der Waals surface area contributed by atoms with Crippen LogP contribution in [-0.4, -0.2) is 28.2 Å². The molecule has 3 aromatic rings. The molecule has 1 atom stereocenters. The van der Waals surface area contributed by atoms with E-state index in [0.29, 0.717) is 5.02 Å². The predicted molar refractivity (Wildman–Crippen MR) is 135 cm³/mol. The van der Waals surface area contributed by atoms with Crippen LogP contribution in [0.25, 0.3) is 22.2 Å². The molecule has 0 fully saturated rings. The second kappa shape index (κ2) is 9.86. The summed E-state index contributed by atoms with van der Waals surface area (Å²) in [6.07, 6.45) is 1.26. The number of benzene rings is 1. The molecule has 5 nitrogen and oxygen atoms in total. The Morgan fingerprint density at radius 1 is 1.15 bits per heavy atom. The first-order chi connectivity index (χ1) is 15.5. The molecule has 33 heavy (non-hydrogen) atoms. The molecule has 0 bridgehead atoms. The van der Waals surface area contributed by atoms with Crippen molar-refractivity contribution in [2.45, 2.75) is 79.6 Å². The van der Waals surface area contributed by atoms with Gasteiger partial charge in [-0.1, -0.05) is 37.1 Å². The number of hydrogen-bond acceptors (Lipinski definition) is 4. The van der Waals surface area contributed by atoms with E-state index in [0.717, 1.165) is 58.4 Å². The van der Waals surface area contributed by atoms with Gasteiger partial charge in [0.1, 0.15) is 5.65 Å². The monoisotopic (exact) mass is 470 g/mol. The van der Waals surface area contributed by atoms with E-state index < -0.39 is 17.7 Å². The van der Waals surface area contributed by atoms with Gasteiger partial charge in [0.05, 0.1) is 12.7 Å². The number of pyridine rings is 1. The molecule has 6 heteroatoms. The fourth-order valence-electron chi connectivity index (χ4n) is 4.31. The number of aromatic nitrogens is 2. The van der Waals surface area contributed by atoms with Gasteiger partial charge < -0.3 is 14.0 Å². The van der Waals surface area contributed by atoms with Crippen LogP contribution in [0.5, 0.6) is 0 Å². The molecule has 1 unspecified atom stereocenters. The minimum absolute atomic E-state index is 0.441. The lowest BCUT2D eigenvalue weighted by Gasteiger charge is -2.28. The van der Waals surface area contributed by atoms with Crippen molar-refractivity contribution < 1.29 is 14.3 Å². The number of ether oxygens (including phenoxy) is 2. The van der Waals surface area contributed by atoms with E-state index in [4.69, 9.17) is 26.1 Å². The highest BCUT2D eigenvalue weighted by molar-refractivity contribution is 6.30. The summed E-state index contributed by atoms with van der Waals surface area (Å²) in [5, 5.41) is 1.70. The lowest BCUT2D eigenvalue weighted by Crippen LogP contribution is -2.29. The predicted octanol–water partition coefficient (Wildman–Crippen LogP) is 7.11. The minimum Gasteiger partial charge on any atom is -0.467 e. The Labute approximate surface area is 202 Å². The van der Waals surface area contributed by atoms with E-state index >= 15 is 0 Å². The summed E-state index contributed by atoms with van der Waals surface area (Å²) in [6.45, 7) is 15.1. The molecule has 0 aliphatic carbocycles. The summed E-state index contributed by atoms with van der Waals surface area (Å²) in [7, 11) is 1.39. The van der Waals surface area contributed by atoms with Crippen LogP contribution < -0.4 is 0 Å². The summed E-state index contributed by atoms with van der Waals surface area (Å²) in [4.78, 5) is 18.0. The van der Waals surface area contributed by atoms with Gasteiger partial charge in [-0.2, -0.15) is 0 Å². The molecule has 0 aliphatic heterocycles. The van der Waals surface area contributed by atoms with Crippen LogP contribution in [0.15, 0.2) is 24.3 Å². The average molecular weight is 471 g/mol. The van der Waals surface area contributed by atoms with Gasteiger partial charge in [0.2, 0.25) is 0 Å². The maximum absolute atomic E-state index is 13.0. The van der Waals surface area contributed by atoms with Gasteiger partial charge in [-0.05, 0) is 71.2 Å². The largest absolute Gasteiger partial charge is 0.467 e. The zero-order valence-electron chi connectivity index (χ0n) is 21.0. The Morgan fingerprint density at radius 2 is 1.79 bits per heavy atom. The number of unbranched alkanes of at least 4 members (excludes halogenated alkanes) is 1. The fourth-order valence-corrected chi connectivity index (χ4v) is 4.43. The van der Waals surface area contributed by atoms with E-state index in [-0.39, 0.29) is 0 Å². The first-order valence-corrected chi connectivity index (χ1v) is 11.9. The first kappa shape index (κ1) is 25.3. The quantitative estimate of drug-likeness (QED) is 0.345. The third kappa shape index (κ3) is 5.10. The highest BCUT2D eigenvalue weighted by Crippen LogP contribution is 2.42. The second-order valence-corrected chi connectivity index (χ2v) is 9.98. The van der Waals surface area contributed by atoms with Crippen molar-refractivity contribution in [1.82, 2.24) is 9.55 Å². The molecule has 0 spiro atoms. The zero-order chi connectivity index (χ0) is 24.5. The van der Waals surface area contributed by atoms with Gasteiger partial charge in [0.15, 0.2) is 6.10 Å². The maximum atomic E-state index is 13.0. The molecule has 0 aliphatic rings. The van der Waals surface area contributed by atoms with Crippen molar-refractivity contribution in [2.24, 2.45) is 0 Å². The third-order valence-corrected chi connectivity index (χ3v) is 6.25. The number of halogens is 1. The van der Waals surface area contributed by atoms with E-state index in [1.165, 1.54) is 12.8 Å². The number of fused-ring (bicyclic) bond motifs is 1. The molecular weight excluding hydrogens is 436 g/mol. The van der Waals surface area contributed by atoms with E-state index in [2.05, 4.69) is 25.3 Å². The van der Waals surface area contributed by atoms with Crippen LogP contribution in [0, 0.1) is 20.8 Å². The second-order valence-electron chi connectivity index (χ2n) is 9.54. The number of nitrogens with zero attached hydrogens (tertiary/aromatic N) is 2. The smallest absolute Gasteiger partial charge is 0.339 e. The van der Waals surface area contributed by atoms with Gasteiger partial charge in [-0.3, -0.25) is 0 Å². The number of esters is 1. The van der Waals surface area contributed by atoms with Crippen LogP contribution in [0.1, 0.15) is 69.2 Å². The lowest BCUT2D eigenvalue weighted by atomic mass is 9.91. The van der Waals surface area contributed by atoms with Crippen LogP contribution >= 0.6 is 11.6 Å². The lowest BCUT2D eigenvalue weighted by molar-refractivity contribution is -0.164. The number of hydrogen-bond donors (Lipinski definition) is 0. The molecule has 2 aromatic heterocycles. The molecule has 0 N–H and O–H groups in total. The van der Waals surface area contributed by atoms with Gasteiger partial charge in [-0.25, -0.2) is 9.78 Å². The standard InChI is InChI=1S/C27H35ClN2O3/c1-9-10-15-30-18(4)16(2)21-23(19-11-13-20(28)14-12-19)22(17(3)29-25(21)30)24(26(31)32-8)33-27(5,6)7/h11-14,24H,9-10,15H2,1-8H3. The van der Waals surface area contributed by atoms with Crippen molar-refractivity contribution in [3.05, 3.63) is 51.8 Å². The molecule has 1 aromatic carbocycles. The van der Waals surface area contributed by atoms with Crippen LogP contribution in [0.2, 0.25) is 5.02 Å². The molecule has 3 rings (SSSR count). The normalized spacial score (nSPS) is 12.9. The van der Waals surface area contributed by atoms with Gasteiger partial charge in [-0.15, -0.1) is 0 Å². The zero-order valence-corrected chi connectivity index (χ0v) is 21.8. The first-order valence-electron chi connectivity index (χ1n) is 11.5. The van der Waals surface area contributed by atoms with Crippen LogP contribution in [0.4, 0.5) is 0 Å². The Morgan fingerprint density at radius 3 is 2.33 bits per heavy atom. The SMILES string of the molecule is CCCCn1c(C)c(C)c2c(-c3ccc(Cl)cc3)c(C(OC(C)(C)C)C(=O)OC)c(C)nc21. The van der Waals surface area contributed by atoms with Crippen molar-refractivity contribution in [3.8, 4) is 11.1 Å². The maximum Gasteiger partial charge on any atom is 0.339 e. The third-order valence-electron chi connectivity index (χ3n) is 6.00. The fraction of sp³-hybridized carbons (Fsp3) is 0.481. The van der Waals surface area contributed by atoms with Crippen LogP contribution in [-0.2, 0) is 20.8 Å². The van der Waals surface area contributed by atoms with Crippen molar-refractivity contribution in [1.29, 1.82) is 0 Å². The summed E-state index contributed by atoms with van der Waals surface area (Å²) >= 11 is 6.21. The molecule has 2 heterocycles. The van der Waals surface area contributed by atoms with Crippen LogP contribution in [0.3, 0.4) is 0 Å². The molecular formula is C27H35ClN2O3. The van der Waals surface area contributed by atoms with E-state index in [9.17, 15) is 4.79 Å². The average Bonchev–Trinajstić information content (AvgIpc) is 2.98. The highest BCUT2D eigenvalue weighted by Gasteiger charge is 2.34. The number of methoxy groups -OCH3 is 1. The molecule has 0 amide bonds. The molecule has 178 valence electrons. The summed E-state index contributed by atoms with van der Waals surface area (Å²) < 4.78 is 13.8. The summed E-state index contributed by atoms with van der Waals surface area (Å²) in [6, 6.07) is 7.72. The summed E-state index contributed by atoms with van der Waals surface area (Å²) in [5.41, 5.74) is 6.11. The number of carbonyl (C=O) groups excluding carboxylic acids is 1. The van der Waals surface area contributed by atoms with Gasteiger partial charge >= 0.3 is 5.97 Å². The van der Waals surface area contributed by atoms with Gasteiger partial charge in [0, 0.05) is 39.5 Å². The highest BCUT2D eigenvalue weighted by atomic mass is 35.5. The summed E-state index contributed by atoms with van der Waals surface area (Å²) in [5.74, 6) is -0.441. The topological polar surface area (TPSA) is 53.4 Å². The van der Waals surface area contributed by atoms with E-state index in [1.54, 1.807) is 0 Å². The number of rotatable bonds is 7. The molecule has 0 saturated carbocycles. The molecule has 0 saturated heterocycles. The Kier molecular flexibility index (Phi) is 7.55. The van der Waals surface area contributed by atoms with Crippen molar-refractivity contribution in [2.75, 3.05) is 7.11 Å². The molecule has 0 radical (unpaired) electrons. The van der Waals surface area contributed by atoms with Crippen molar-refractivity contribution in [3.63, 3.8) is 0 Å². The van der Waals surface area contributed by atoms with Crippen molar-refractivity contribution >= 4 is 28.6 Å². The van der Waals surface area contributed by atoms with Gasteiger partial charge in [0.25, 0.3) is 0 Å². The van der Waals surface area contributed by atoms with E-state index in [1.807, 2.05) is 52.0 Å². The Hall–Kier alpha value is -2.37. The Bertz CT molecular complexity index is 1160. The minimum atomic E-state index is -0.906. The number of carbonyl (C=O) groups is 1. The number of aryl methyl sites for hydroxylation is 3.